The Labute approximate surface area is 149 Å². The zero-order valence-electron chi connectivity index (χ0n) is 14.2. The molecule has 1 aromatic carbocycles. The van der Waals surface area contributed by atoms with E-state index in [1.54, 1.807) is 44.2 Å². The maximum absolute atomic E-state index is 11.9. The molecule has 0 aliphatic carbocycles. The van der Waals surface area contributed by atoms with Crippen molar-refractivity contribution in [3.8, 4) is 29.0 Å². The van der Waals surface area contributed by atoms with Crippen molar-refractivity contribution >= 4 is 11.8 Å². The molecule has 3 N–H and O–H groups in total. The Kier molecular flexibility index (Phi) is 5.61. The minimum absolute atomic E-state index is 0.00956. The fourth-order valence-electron chi connectivity index (χ4n) is 2.29. The molecule has 1 aromatic heterocycles. The number of aromatic nitrogens is 1. The molecule has 0 bridgehead atoms. The van der Waals surface area contributed by atoms with Crippen LogP contribution in [-0.4, -0.2) is 23.7 Å². The van der Waals surface area contributed by atoms with Crippen LogP contribution in [0.3, 0.4) is 0 Å². The molecule has 0 saturated heterocycles. The molecule has 132 valence electrons. The number of rotatable bonds is 5. The number of hydrogen-bond acceptors (Lipinski definition) is 7. The van der Waals surface area contributed by atoms with Gasteiger partial charge in [0.1, 0.15) is 34.8 Å². The highest BCUT2D eigenvalue weighted by atomic mass is 16.6. The van der Waals surface area contributed by atoms with Crippen molar-refractivity contribution in [2.24, 2.45) is 0 Å². The topological polar surface area (TPSA) is 142 Å². The van der Waals surface area contributed by atoms with E-state index >= 15 is 0 Å². The number of ether oxygens (including phenoxy) is 2. The number of esters is 1. The summed E-state index contributed by atoms with van der Waals surface area (Å²) in [5.41, 5.74) is 5.42. The maximum atomic E-state index is 11.9. The van der Waals surface area contributed by atoms with Gasteiger partial charge in [-0.1, -0.05) is 12.1 Å². The molecular formula is C18H16N4O4. The molecule has 0 aliphatic heterocycles. The number of pyridine rings is 1. The first-order valence-electron chi connectivity index (χ1n) is 7.66. The second-order valence-corrected chi connectivity index (χ2v) is 5.57. The maximum Gasteiger partial charge on any atom is 0.344 e. The van der Waals surface area contributed by atoms with Crippen LogP contribution in [0.5, 0.6) is 5.75 Å². The Morgan fingerprint density at radius 2 is 1.81 bits per heavy atom. The number of carbonyl (C=O) groups is 1. The number of anilines is 1. The van der Waals surface area contributed by atoms with Crippen LogP contribution in [0.4, 0.5) is 5.82 Å². The van der Waals surface area contributed by atoms with Crippen molar-refractivity contribution in [2.75, 3.05) is 12.3 Å². The van der Waals surface area contributed by atoms with E-state index in [2.05, 4.69) is 4.98 Å². The lowest BCUT2D eigenvalue weighted by Crippen LogP contribution is -2.18. The van der Waals surface area contributed by atoms with Gasteiger partial charge < -0.3 is 20.2 Å². The number of hydrogen-bond donors (Lipinski definition) is 2. The Hall–Kier alpha value is -3.78. The summed E-state index contributed by atoms with van der Waals surface area (Å²) >= 11 is 0. The summed E-state index contributed by atoms with van der Waals surface area (Å²) < 4.78 is 10.3. The molecule has 0 amide bonds. The van der Waals surface area contributed by atoms with Crippen LogP contribution in [0.25, 0.3) is 11.1 Å². The molecule has 2 aromatic rings. The summed E-state index contributed by atoms with van der Waals surface area (Å²) in [4.78, 5) is 25.7. The molecule has 0 saturated carbocycles. The second-order valence-electron chi connectivity index (χ2n) is 5.57. The first-order chi connectivity index (χ1) is 12.4. The van der Waals surface area contributed by atoms with Crippen LogP contribution in [0, 0.1) is 22.7 Å². The van der Waals surface area contributed by atoms with Crippen LogP contribution in [0.2, 0.25) is 0 Å². The minimum atomic E-state index is -0.671. The van der Waals surface area contributed by atoms with Crippen molar-refractivity contribution in [1.82, 2.24) is 4.98 Å². The Balaban J connectivity index is 2.32. The third-order valence-electron chi connectivity index (χ3n) is 3.34. The first kappa shape index (κ1) is 18.6. The van der Waals surface area contributed by atoms with E-state index < -0.39 is 11.5 Å². The number of aromatic amines is 1. The molecule has 0 unspecified atom stereocenters. The smallest absolute Gasteiger partial charge is 0.344 e. The van der Waals surface area contributed by atoms with E-state index in [9.17, 15) is 20.1 Å². The summed E-state index contributed by atoms with van der Waals surface area (Å²) in [6.45, 7) is 3.22. The Morgan fingerprint density at radius 1 is 1.19 bits per heavy atom. The summed E-state index contributed by atoms with van der Waals surface area (Å²) in [5, 5.41) is 18.6. The Bertz CT molecular complexity index is 963. The predicted molar refractivity (Wildman–Crippen MR) is 93.1 cm³/mol. The predicted octanol–water partition coefficient (Wildman–Crippen LogP) is 1.70. The lowest BCUT2D eigenvalue weighted by Gasteiger charge is -2.11. The van der Waals surface area contributed by atoms with Crippen LogP contribution < -0.4 is 16.0 Å². The van der Waals surface area contributed by atoms with E-state index in [1.807, 2.05) is 6.07 Å². The second kappa shape index (κ2) is 7.86. The van der Waals surface area contributed by atoms with Gasteiger partial charge in [-0.15, -0.1) is 0 Å². The highest BCUT2D eigenvalue weighted by Gasteiger charge is 2.18. The van der Waals surface area contributed by atoms with Gasteiger partial charge in [0.25, 0.3) is 5.56 Å². The van der Waals surface area contributed by atoms with Crippen molar-refractivity contribution in [1.29, 1.82) is 10.5 Å². The van der Waals surface area contributed by atoms with E-state index in [0.717, 1.165) is 0 Å². The third-order valence-corrected chi connectivity index (χ3v) is 3.34. The van der Waals surface area contributed by atoms with E-state index in [-0.39, 0.29) is 35.2 Å². The van der Waals surface area contributed by atoms with E-state index in [1.165, 1.54) is 0 Å². The van der Waals surface area contributed by atoms with Crippen molar-refractivity contribution < 1.29 is 14.3 Å². The van der Waals surface area contributed by atoms with Gasteiger partial charge >= 0.3 is 5.97 Å². The van der Waals surface area contributed by atoms with Gasteiger partial charge in [-0.2, -0.15) is 10.5 Å². The normalized spacial score (nSPS) is 10.0. The molecule has 0 aliphatic rings. The van der Waals surface area contributed by atoms with Crippen molar-refractivity contribution in [2.45, 2.75) is 20.0 Å². The molecule has 1 heterocycles. The summed E-state index contributed by atoms with van der Waals surface area (Å²) in [6, 6.07) is 9.94. The highest BCUT2D eigenvalue weighted by Crippen LogP contribution is 2.29. The minimum Gasteiger partial charge on any atom is -0.482 e. The van der Waals surface area contributed by atoms with Gasteiger partial charge in [0.05, 0.1) is 6.10 Å². The van der Waals surface area contributed by atoms with Gasteiger partial charge in [-0.3, -0.25) is 4.79 Å². The third kappa shape index (κ3) is 4.00. The zero-order valence-corrected chi connectivity index (χ0v) is 14.2. The van der Waals surface area contributed by atoms with E-state index in [4.69, 9.17) is 15.2 Å². The van der Waals surface area contributed by atoms with E-state index in [0.29, 0.717) is 11.3 Å². The largest absolute Gasteiger partial charge is 0.482 e. The standard InChI is InChI=1S/C18H16N4O4/c1-10(2)26-15(23)9-25-12-5-3-11(4-6-12)16-13(7-19)17(21)22-18(24)14(16)8-20/h3-6,10H,9H2,1-2H3,(H3,21,22,24). The number of carbonyl (C=O) groups excluding carboxylic acids is 1. The average Bonchev–Trinajstić information content (AvgIpc) is 2.59. The monoisotopic (exact) mass is 352 g/mol. The van der Waals surface area contributed by atoms with Crippen molar-refractivity contribution in [3.05, 3.63) is 45.7 Å². The fourth-order valence-corrected chi connectivity index (χ4v) is 2.29. The fraction of sp³-hybridized carbons (Fsp3) is 0.222. The van der Waals surface area contributed by atoms with Crippen LogP contribution in [0.1, 0.15) is 25.0 Å². The molecule has 2 rings (SSSR count). The van der Waals surface area contributed by atoms with Gasteiger partial charge in [-0.05, 0) is 31.5 Å². The molecule has 0 atom stereocenters. The quantitative estimate of drug-likeness (QED) is 0.780. The SMILES string of the molecule is CC(C)OC(=O)COc1ccc(-c2c(C#N)c(N)[nH]c(=O)c2C#N)cc1. The molecule has 0 spiro atoms. The molecule has 0 radical (unpaired) electrons. The van der Waals surface area contributed by atoms with Crippen LogP contribution in [-0.2, 0) is 9.53 Å². The summed E-state index contributed by atoms with van der Waals surface area (Å²) in [5.74, 6) is -0.211. The zero-order chi connectivity index (χ0) is 19.3. The summed E-state index contributed by atoms with van der Waals surface area (Å²) in [7, 11) is 0. The van der Waals surface area contributed by atoms with Gasteiger partial charge in [0.15, 0.2) is 6.61 Å². The number of H-pyrrole nitrogens is 1. The Morgan fingerprint density at radius 3 is 2.35 bits per heavy atom. The molecule has 8 nitrogen and oxygen atoms in total. The van der Waals surface area contributed by atoms with Gasteiger partial charge in [0.2, 0.25) is 0 Å². The summed E-state index contributed by atoms with van der Waals surface area (Å²) in [6.07, 6.45) is -0.232. The molecule has 26 heavy (non-hydrogen) atoms. The van der Waals surface area contributed by atoms with Crippen molar-refractivity contribution in [3.63, 3.8) is 0 Å². The molecule has 0 fully saturated rings. The number of benzene rings is 1. The number of nitriles is 2. The van der Waals surface area contributed by atoms with Crippen LogP contribution >= 0.6 is 0 Å². The van der Waals surface area contributed by atoms with Gasteiger partial charge in [0, 0.05) is 5.56 Å². The lowest BCUT2D eigenvalue weighted by atomic mass is 9.97. The average molecular weight is 352 g/mol. The lowest BCUT2D eigenvalue weighted by molar-refractivity contribution is -0.149. The number of nitrogens with zero attached hydrogens (tertiary/aromatic N) is 2. The van der Waals surface area contributed by atoms with Gasteiger partial charge in [-0.25, -0.2) is 4.79 Å². The highest BCUT2D eigenvalue weighted by molar-refractivity contribution is 5.80. The number of nitrogens with one attached hydrogen (secondary N) is 1. The number of nitrogen functional groups attached to an aromatic ring is 1. The molecular weight excluding hydrogens is 336 g/mol. The van der Waals surface area contributed by atoms with Crippen LogP contribution in [0.15, 0.2) is 29.1 Å². The number of nitrogens with two attached hydrogens (primary N) is 1. The first-order valence-corrected chi connectivity index (χ1v) is 7.66. The molecule has 8 heteroatoms.